The molecule has 1 aliphatic heterocycles. The van der Waals surface area contributed by atoms with Crippen LogP contribution in [0.5, 0.6) is 0 Å². The predicted molar refractivity (Wildman–Crippen MR) is 120 cm³/mol. The molecule has 1 heterocycles. The van der Waals surface area contributed by atoms with Crippen LogP contribution in [0.25, 0.3) is 0 Å². The summed E-state index contributed by atoms with van der Waals surface area (Å²) < 4.78 is 1.81. The zero-order chi connectivity index (χ0) is 18.8. The molecule has 1 fully saturated rings. The van der Waals surface area contributed by atoms with Crippen molar-refractivity contribution < 1.29 is 0 Å². The maximum absolute atomic E-state index is 6.30. The van der Waals surface area contributed by atoms with Crippen molar-refractivity contribution in [2.24, 2.45) is 0 Å². The van der Waals surface area contributed by atoms with Crippen LogP contribution in [0, 0.1) is 0 Å². The quantitative estimate of drug-likeness (QED) is 0.312. The van der Waals surface area contributed by atoms with Gasteiger partial charge in [0, 0.05) is 0 Å². The molecule has 1 aliphatic rings. The molecule has 4 rings (SSSR count). The Kier molecular flexibility index (Phi) is 6.99. The van der Waals surface area contributed by atoms with Gasteiger partial charge in [-0.2, -0.15) is 0 Å². The molecule has 3 aromatic carbocycles. The van der Waals surface area contributed by atoms with Gasteiger partial charge < -0.3 is 0 Å². The second kappa shape index (κ2) is 9.27. The number of hydrogen-bond donors (Lipinski definition) is 0. The van der Waals surface area contributed by atoms with Crippen LogP contribution >= 0.6 is 34.8 Å². The monoisotopic (exact) mass is 612 g/mol. The molecule has 1 saturated heterocycles. The summed E-state index contributed by atoms with van der Waals surface area (Å²) in [6.45, 7) is 0. The van der Waals surface area contributed by atoms with Gasteiger partial charge in [-0.25, -0.2) is 0 Å². The summed E-state index contributed by atoms with van der Waals surface area (Å²) in [6.07, 6.45) is 0. The Bertz CT molecular complexity index is 819. The zero-order valence-corrected chi connectivity index (χ0v) is 21.4. The van der Waals surface area contributed by atoms with Crippen molar-refractivity contribution in [3.63, 3.8) is 0 Å². The first-order chi connectivity index (χ1) is 13.1. The van der Waals surface area contributed by atoms with Crippen LogP contribution in [-0.2, 0) is 0 Å². The fraction of sp³-hybridized carbons (Fsp3) is 0.143. The molecule has 27 heavy (non-hydrogen) atoms. The van der Waals surface area contributed by atoms with Gasteiger partial charge in [0.15, 0.2) is 0 Å². The Balaban J connectivity index is 1.70. The molecule has 0 nitrogen and oxygen atoms in total. The van der Waals surface area contributed by atoms with Gasteiger partial charge in [-0.1, -0.05) is 0 Å². The predicted octanol–water partition coefficient (Wildman–Crippen LogP) is 6.17. The molecule has 138 valence electrons. The van der Waals surface area contributed by atoms with E-state index in [9.17, 15) is 0 Å². The van der Waals surface area contributed by atoms with E-state index in [0.717, 1.165) is 15.1 Å². The van der Waals surface area contributed by atoms with Crippen LogP contribution in [0.15, 0.2) is 72.8 Å². The molecule has 6 heteroatoms. The fourth-order valence-electron chi connectivity index (χ4n) is 2.86. The van der Waals surface area contributed by atoms with Gasteiger partial charge in [0.05, 0.1) is 0 Å². The van der Waals surface area contributed by atoms with Gasteiger partial charge in [-0.15, -0.1) is 0 Å². The minimum absolute atomic E-state index is 0.491. The third-order valence-electron chi connectivity index (χ3n) is 4.10. The van der Waals surface area contributed by atoms with E-state index in [1.54, 1.807) is 0 Å². The molecule has 0 saturated carbocycles. The van der Waals surface area contributed by atoms with Crippen molar-refractivity contribution in [1.29, 1.82) is 0 Å². The van der Waals surface area contributed by atoms with Crippen LogP contribution in [0.4, 0.5) is 0 Å². The first-order valence-electron chi connectivity index (χ1n) is 8.31. The summed E-state index contributed by atoms with van der Waals surface area (Å²) in [5, 5.41) is 2.48. The van der Waals surface area contributed by atoms with Crippen molar-refractivity contribution in [3.8, 4) is 0 Å². The fourth-order valence-corrected chi connectivity index (χ4v) is 24.0. The standard InChI is InChI=1S/C21H15Cl3Se3/c22-16-7-1-4-13(10-16)19-25-20(14-5-2-8-17(23)11-14)27-21(26-19)15-6-3-9-18(24)12-15/h1-12,19-21H. The Hall–Kier alpha value is 0.0884. The van der Waals surface area contributed by atoms with Gasteiger partial charge in [-0.05, 0) is 0 Å². The maximum atomic E-state index is 6.30. The van der Waals surface area contributed by atoms with Gasteiger partial charge in [0.25, 0.3) is 0 Å². The van der Waals surface area contributed by atoms with Crippen LogP contribution in [0.2, 0.25) is 15.1 Å². The van der Waals surface area contributed by atoms with E-state index in [1.165, 1.54) is 16.7 Å². The molecule has 0 spiro atoms. The van der Waals surface area contributed by atoms with Crippen LogP contribution in [0.1, 0.15) is 27.8 Å². The van der Waals surface area contributed by atoms with E-state index in [0.29, 0.717) is 56.0 Å². The normalized spacial score (nSPS) is 22.6. The minimum atomic E-state index is 0.491. The molecule has 0 aromatic heterocycles. The second-order valence-electron chi connectivity index (χ2n) is 6.07. The molecule has 0 atom stereocenters. The number of rotatable bonds is 3. The first-order valence-corrected chi connectivity index (χ1v) is 15.4. The zero-order valence-electron chi connectivity index (χ0n) is 14.0. The molecule has 0 unspecified atom stereocenters. The van der Waals surface area contributed by atoms with E-state index >= 15 is 0 Å². The number of halogens is 3. The molecule has 0 bridgehead atoms. The average Bonchev–Trinajstić information content (AvgIpc) is 2.68. The Morgan fingerprint density at radius 1 is 0.481 bits per heavy atom. The summed E-state index contributed by atoms with van der Waals surface area (Å²) in [7, 11) is 0. The summed E-state index contributed by atoms with van der Waals surface area (Å²) in [5.41, 5.74) is 4.16. The van der Waals surface area contributed by atoms with E-state index in [-0.39, 0.29) is 0 Å². The van der Waals surface area contributed by atoms with Crippen molar-refractivity contribution in [2.75, 3.05) is 0 Å². The van der Waals surface area contributed by atoms with Gasteiger partial charge >= 0.3 is 195 Å². The summed E-state index contributed by atoms with van der Waals surface area (Å²) in [6, 6.07) is 25.3. The Morgan fingerprint density at radius 3 is 1.04 bits per heavy atom. The molecular weight excluding hydrogens is 595 g/mol. The van der Waals surface area contributed by atoms with Crippen molar-refractivity contribution in [3.05, 3.63) is 105 Å². The molecular formula is C21H15Cl3Se3. The SMILES string of the molecule is Clc1cccc(C2[Se]C(c3cccc(Cl)c3)[Se]C(c3cccc(Cl)c3)[Se]2)c1. The first kappa shape index (κ1) is 20.4. The summed E-state index contributed by atoms with van der Waals surface area (Å²) in [5.74, 6) is 0. The van der Waals surface area contributed by atoms with E-state index < -0.39 is 0 Å². The van der Waals surface area contributed by atoms with Crippen LogP contribution < -0.4 is 0 Å². The van der Waals surface area contributed by atoms with Gasteiger partial charge in [0.1, 0.15) is 0 Å². The second-order valence-corrected chi connectivity index (χ2v) is 19.6. The number of hydrogen-bond acceptors (Lipinski definition) is 0. The molecule has 0 N–H and O–H groups in total. The molecule has 0 aliphatic carbocycles. The third kappa shape index (κ3) is 5.17. The number of benzene rings is 3. The van der Waals surface area contributed by atoms with Crippen molar-refractivity contribution in [1.82, 2.24) is 0 Å². The van der Waals surface area contributed by atoms with Gasteiger partial charge in [-0.3, -0.25) is 0 Å². The van der Waals surface area contributed by atoms with Crippen LogP contribution in [0.3, 0.4) is 0 Å². The van der Waals surface area contributed by atoms with Crippen molar-refractivity contribution in [2.45, 2.75) is 11.1 Å². The molecule has 0 amide bonds. The third-order valence-corrected chi connectivity index (χ3v) is 18.6. The summed E-state index contributed by atoms with van der Waals surface area (Å²) >= 11 is 20.4. The Labute approximate surface area is 193 Å². The molecule has 0 radical (unpaired) electrons. The summed E-state index contributed by atoms with van der Waals surface area (Å²) in [4.78, 5) is 0. The van der Waals surface area contributed by atoms with Gasteiger partial charge in [0.2, 0.25) is 0 Å². The Morgan fingerprint density at radius 2 is 0.778 bits per heavy atom. The van der Waals surface area contributed by atoms with Crippen molar-refractivity contribution >= 4 is 79.7 Å². The topological polar surface area (TPSA) is 0 Å². The van der Waals surface area contributed by atoms with E-state index in [1.807, 2.05) is 18.2 Å². The van der Waals surface area contributed by atoms with Crippen LogP contribution in [-0.4, -0.2) is 44.9 Å². The molecule has 3 aromatic rings. The average molecular weight is 611 g/mol. The van der Waals surface area contributed by atoms with E-state index in [4.69, 9.17) is 34.8 Å². The van der Waals surface area contributed by atoms with E-state index in [2.05, 4.69) is 54.6 Å².